The number of amides is 1. The Labute approximate surface area is 216 Å². The molecule has 38 heavy (non-hydrogen) atoms. The highest BCUT2D eigenvalue weighted by molar-refractivity contribution is 6.08. The summed E-state index contributed by atoms with van der Waals surface area (Å²) in [4.78, 5) is 27.9. The van der Waals surface area contributed by atoms with E-state index in [9.17, 15) is 18.4 Å². The Morgan fingerprint density at radius 1 is 1.05 bits per heavy atom. The molecule has 9 nitrogen and oxygen atoms in total. The van der Waals surface area contributed by atoms with Crippen LogP contribution in [0.15, 0.2) is 53.5 Å². The second-order valence-corrected chi connectivity index (χ2v) is 10.5. The molecule has 3 N–H and O–H groups in total. The van der Waals surface area contributed by atoms with Crippen molar-refractivity contribution in [3.05, 3.63) is 76.3 Å². The zero-order chi connectivity index (χ0) is 26.8. The number of hydrogen-bond acceptors (Lipinski definition) is 6. The number of nitrogens with one attached hydrogen (secondary N) is 1. The fraction of sp³-hybridized carbons (Fsp3) is 0.333. The fourth-order valence-electron chi connectivity index (χ4n) is 4.95. The van der Waals surface area contributed by atoms with Gasteiger partial charge in [-0.25, -0.2) is 8.78 Å². The van der Waals surface area contributed by atoms with Crippen molar-refractivity contribution >= 4 is 28.2 Å². The predicted molar refractivity (Wildman–Crippen MR) is 140 cm³/mol. The van der Waals surface area contributed by atoms with E-state index in [0.717, 1.165) is 47.6 Å². The molecule has 1 aliphatic carbocycles. The molecular formula is C27H27F2N7O2. The second-order valence-electron chi connectivity index (χ2n) is 10.5. The van der Waals surface area contributed by atoms with Gasteiger partial charge in [0.1, 0.15) is 11.4 Å². The average molecular weight is 520 g/mol. The Morgan fingerprint density at radius 3 is 2.45 bits per heavy atom. The van der Waals surface area contributed by atoms with E-state index in [2.05, 4.69) is 29.2 Å². The summed E-state index contributed by atoms with van der Waals surface area (Å²) >= 11 is 0. The molecule has 2 aromatic heterocycles. The molecule has 1 saturated heterocycles. The molecule has 2 atom stereocenters. The van der Waals surface area contributed by atoms with Crippen LogP contribution in [0.2, 0.25) is 0 Å². The number of para-hydroxylation sites is 1. The maximum absolute atomic E-state index is 14.4. The maximum Gasteiger partial charge on any atom is 0.276 e. The van der Waals surface area contributed by atoms with Crippen LogP contribution in [0.25, 0.3) is 16.6 Å². The van der Waals surface area contributed by atoms with Crippen LogP contribution in [0, 0.1) is 17.6 Å². The van der Waals surface area contributed by atoms with Crippen molar-refractivity contribution in [3.8, 4) is 5.69 Å². The number of hydrogen-bond donors (Lipinski definition) is 2. The number of anilines is 2. The molecule has 196 valence electrons. The smallest absolute Gasteiger partial charge is 0.276 e. The zero-order valence-corrected chi connectivity index (χ0v) is 21.0. The van der Waals surface area contributed by atoms with Crippen LogP contribution in [0.5, 0.6) is 0 Å². The molecule has 2 aromatic carbocycles. The molecule has 2 fully saturated rings. The van der Waals surface area contributed by atoms with E-state index in [4.69, 9.17) is 10.8 Å². The lowest BCUT2D eigenvalue weighted by molar-refractivity contribution is 0.102. The van der Waals surface area contributed by atoms with Gasteiger partial charge in [0, 0.05) is 36.8 Å². The Hall–Kier alpha value is -4.12. The second kappa shape index (κ2) is 8.73. The van der Waals surface area contributed by atoms with Crippen LogP contribution in [0.1, 0.15) is 37.2 Å². The number of benzene rings is 2. The molecule has 0 radical (unpaired) electrons. The minimum absolute atomic E-state index is 0.00594. The zero-order valence-electron chi connectivity index (χ0n) is 21.0. The van der Waals surface area contributed by atoms with Gasteiger partial charge in [0.05, 0.1) is 22.4 Å². The van der Waals surface area contributed by atoms with Crippen molar-refractivity contribution in [2.24, 2.45) is 11.7 Å². The van der Waals surface area contributed by atoms with Crippen molar-refractivity contribution in [1.82, 2.24) is 19.6 Å². The highest BCUT2D eigenvalue weighted by Crippen LogP contribution is 2.45. The number of aromatic nitrogens is 4. The van der Waals surface area contributed by atoms with Crippen LogP contribution in [0.3, 0.4) is 0 Å². The normalized spacial score (nSPS) is 20.2. The number of halogens is 2. The van der Waals surface area contributed by atoms with Crippen molar-refractivity contribution in [2.75, 3.05) is 23.3 Å². The summed E-state index contributed by atoms with van der Waals surface area (Å²) < 4.78 is 31.3. The standard InChI is InChI=1S/C27H27F2N7O2/c1-15-12-34(14-19(15)30)24-16-13-35(27(2)10-11-27)32-20(16)6-7-21(24)31-26(38)22-8-9-23(37)36(33-22)25-17(28)4-3-5-18(25)29/h3-9,13,15,19H,10-12,14,30H2,1-2H3,(H,31,38)/t15-,19-/m0/s1. The molecule has 6 rings (SSSR count). The van der Waals surface area contributed by atoms with E-state index in [1.54, 1.807) is 6.07 Å². The number of fused-ring (bicyclic) bond motifs is 1. The molecule has 0 bridgehead atoms. The monoisotopic (exact) mass is 519 g/mol. The number of nitrogens with zero attached hydrogens (tertiary/aromatic N) is 5. The predicted octanol–water partition coefficient (Wildman–Crippen LogP) is 3.41. The first kappa shape index (κ1) is 24.2. The number of carbonyl (C=O) groups excluding carboxylic acids is 1. The number of nitrogens with two attached hydrogens (primary N) is 1. The van der Waals surface area contributed by atoms with Crippen LogP contribution in [-0.2, 0) is 5.54 Å². The molecule has 1 saturated carbocycles. The fourth-order valence-corrected chi connectivity index (χ4v) is 4.95. The van der Waals surface area contributed by atoms with Crippen molar-refractivity contribution in [2.45, 2.75) is 38.3 Å². The summed E-state index contributed by atoms with van der Waals surface area (Å²) in [6.07, 6.45) is 4.12. The van der Waals surface area contributed by atoms with Crippen molar-refractivity contribution in [3.63, 3.8) is 0 Å². The van der Waals surface area contributed by atoms with Gasteiger partial charge in [0.15, 0.2) is 11.6 Å². The van der Waals surface area contributed by atoms with Gasteiger partial charge in [0.25, 0.3) is 11.5 Å². The first-order valence-electron chi connectivity index (χ1n) is 12.5. The molecule has 0 unspecified atom stereocenters. The summed E-state index contributed by atoms with van der Waals surface area (Å²) in [6, 6.07) is 9.11. The molecule has 2 aliphatic rings. The molecule has 11 heteroatoms. The topological polar surface area (TPSA) is 111 Å². The van der Waals surface area contributed by atoms with Crippen LogP contribution >= 0.6 is 0 Å². The van der Waals surface area contributed by atoms with Crippen molar-refractivity contribution in [1.29, 1.82) is 0 Å². The Kier molecular flexibility index (Phi) is 5.56. The van der Waals surface area contributed by atoms with Gasteiger partial charge in [0.2, 0.25) is 0 Å². The van der Waals surface area contributed by atoms with Crippen LogP contribution in [-0.4, -0.2) is 44.6 Å². The van der Waals surface area contributed by atoms with Gasteiger partial charge >= 0.3 is 0 Å². The van der Waals surface area contributed by atoms with E-state index in [-0.39, 0.29) is 23.2 Å². The number of carbonyl (C=O) groups is 1. The Morgan fingerprint density at radius 2 is 1.79 bits per heavy atom. The third kappa shape index (κ3) is 4.03. The maximum atomic E-state index is 14.4. The summed E-state index contributed by atoms with van der Waals surface area (Å²) in [5.74, 6) is -2.31. The quantitative estimate of drug-likeness (QED) is 0.418. The Balaban J connectivity index is 1.40. The van der Waals surface area contributed by atoms with Gasteiger partial charge < -0.3 is 16.0 Å². The van der Waals surface area contributed by atoms with Crippen molar-refractivity contribution < 1.29 is 13.6 Å². The van der Waals surface area contributed by atoms with Crippen LogP contribution in [0.4, 0.5) is 20.2 Å². The largest absolute Gasteiger partial charge is 0.367 e. The third-order valence-electron chi connectivity index (χ3n) is 7.60. The summed E-state index contributed by atoms with van der Waals surface area (Å²) in [7, 11) is 0. The molecule has 1 amide bonds. The highest BCUT2D eigenvalue weighted by Gasteiger charge is 2.41. The Bertz CT molecular complexity index is 1610. The average Bonchev–Trinajstić information content (AvgIpc) is 3.33. The van der Waals surface area contributed by atoms with Crippen LogP contribution < -0.4 is 21.5 Å². The summed E-state index contributed by atoms with van der Waals surface area (Å²) in [6.45, 7) is 5.57. The minimum Gasteiger partial charge on any atom is -0.367 e. The molecule has 4 aromatic rings. The minimum atomic E-state index is -0.967. The third-order valence-corrected chi connectivity index (χ3v) is 7.60. The lowest BCUT2D eigenvalue weighted by Gasteiger charge is -2.23. The molecule has 1 aliphatic heterocycles. The van der Waals surface area contributed by atoms with Gasteiger partial charge in [-0.05, 0) is 56.0 Å². The SMILES string of the molecule is C[C@H]1CN(c2c(NC(=O)c3ccc(=O)n(-c4c(F)cccc4F)n3)ccc3nn(C4(C)CC4)cc23)C[C@@H]1N. The van der Waals surface area contributed by atoms with Gasteiger partial charge in [-0.2, -0.15) is 14.9 Å². The van der Waals surface area contributed by atoms with Gasteiger partial charge in [-0.3, -0.25) is 14.3 Å². The summed E-state index contributed by atoms with van der Waals surface area (Å²) in [5.41, 5.74) is 6.88. The first-order valence-corrected chi connectivity index (χ1v) is 12.5. The molecule has 3 heterocycles. The van der Waals surface area contributed by atoms with Gasteiger partial charge in [-0.15, -0.1) is 0 Å². The van der Waals surface area contributed by atoms with E-state index in [1.165, 1.54) is 12.1 Å². The number of rotatable bonds is 5. The van der Waals surface area contributed by atoms with E-state index >= 15 is 0 Å². The van der Waals surface area contributed by atoms with E-state index < -0.39 is 28.8 Å². The van der Waals surface area contributed by atoms with Gasteiger partial charge in [-0.1, -0.05) is 13.0 Å². The highest BCUT2D eigenvalue weighted by atomic mass is 19.1. The first-order chi connectivity index (χ1) is 18.1. The molecular weight excluding hydrogens is 492 g/mol. The molecule has 0 spiro atoms. The van der Waals surface area contributed by atoms with E-state index in [0.29, 0.717) is 23.5 Å². The van der Waals surface area contributed by atoms with E-state index in [1.807, 2.05) is 16.9 Å². The lowest BCUT2D eigenvalue weighted by Crippen LogP contribution is -2.29. The summed E-state index contributed by atoms with van der Waals surface area (Å²) in [5, 5.41) is 12.6. The lowest BCUT2D eigenvalue weighted by atomic mass is 10.1.